The number of benzene rings is 1. The normalized spacial score (nSPS) is 12.4. The molecule has 2 heterocycles. The average molecular weight is 288 g/mol. The summed E-state index contributed by atoms with van der Waals surface area (Å²) in [5.41, 5.74) is 1.84. The van der Waals surface area contributed by atoms with Crippen LogP contribution in [0.25, 0.3) is 0 Å². The maximum absolute atomic E-state index is 5.46. The minimum absolute atomic E-state index is 0.205. The van der Waals surface area contributed by atoms with Gasteiger partial charge in [0.1, 0.15) is 12.5 Å². The molecule has 0 unspecified atom stereocenters. The number of nitrogens with one attached hydrogen (secondary N) is 1. The molecular weight excluding hydrogens is 272 g/mol. The number of nitrogens with zero attached hydrogens (tertiary/aromatic N) is 3. The molecule has 7 heteroatoms. The third-order valence-corrected chi connectivity index (χ3v) is 3.05. The van der Waals surface area contributed by atoms with Crippen LogP contribution in [-0.4, -0.2) is 37.7 Å². The molecule has 0 saturated heterocycles. The lowest BCUT2D eigenvalue weighted by atomic mass is 10.2. The molecule has 1 aromatic carbocycles. The molecule has 0 amide bonds. The predicted octanol–water partition coefficient (Wildman–Crippen LogP) is 2.26. The van der Waals surface area contributed by atoms with Gasteiger partial charge in [-0.3, -0.25) is 4.90 Å². The fourth-order valence-corrected chi connectivity index (χ4v) is 2.19. The number of aromatic nitrogens is 2. The van der Waals surface area contributed by atoms with Crippen LogP contribution >= 0.6 is 0 Å². The Kier molecular flexibility index (Phi) is 3.85. The minimum Gasteiger partial charge on any atom is -0.467 e. The summed E-state index contributed by atoms with van der Waals surface area (Å²) in [6, 6.07) is 5.72. The van der Waals surface area contributed by atoms with Crippen molar-refractivity contribution in [1.82, 2.24) is 9.97 Å². The standard InChI is InChI=1S/C14H16N4O3/c1-19-8-18-12-4-3-10(21-9-20-2)7-11(12)17-13-14(18)16-6-5-15-13/h3-7H,8-9H2,1-2H3,(H,15,17). The van der Waals surface area contributed by atoms with Crippen LogP contribution in [0.1, 0.15) is 0 Å². The number of hydrogen-bond acceptors (Lipinski definition) is 7. The molecule has 1 N–H and O–H groups in total. The van der Waals surface area contributed by atoms with Crippen molar-refractivity contribution in [2.75, 3.05) is 38.0 Å². The van der Waals surface area contributed by atoms with Gasteiger partial charge in [0.15, 0.2) is 18.4 Å². The molecule has 21 heavy (non-hydrogen) atoms. The molecule has 3 rings (SSSR count). The van der Waals surface area contributed by atoms with E-state index in [2.05, 4.69) is 15.3 Å². The molecule has 0 spiro atoms. The van der Waals surface area contributed by atoms with Gasteiger partial charge in [0.05, 0.1) is 11.4 Å². The molecule has 7 nitrogen and oxygen atoms in total. The van der Waals surface area contributed by atoms with Crippen LogP contribution in [-0.2, 0) is 9.47 Å². The molecule has 0 aliphatic carbocycles. The van der Waals surface area contributed by atoms with E-state index in [1.54, 1.807) is 26.6 Å². The third-order valence-electron chi connectivity index (χ3n) is 3.05. The summed E-state index contributed by atoms with van der Waals surface area (Å²) in [6.07, 6.45) is 3.30. The van der Waals surface area contributed by atoms with Gasteiger partial charge in [-0.15, -0.1) is 0 Å². The first-order chi connectivity index (χ1) is 10.3. The summed E-state index contributed by atoms with van der Waals surface area (Å²) in [7, 11) is 3.23. The number of anilines is 4. The van der Waals surface area contributed by atoms with Crippen molar-refractivity contribution < 1.29 is 14.2 Å². The van der Waals surface area contributed by atoms with Gasteiger partial charge in [-0.05, 0) is 12.1 Å². The highest BCUT2D eigenvalue weighted by Crippen LogP contribution is 2.42. The Morgan fingerprint density at radius 2 is 2.00 bits per heavy atom. The number of methoxy groups -OCH3 is 2. The molecule has 1 aromatic heterocycles. The second-order valence-corrected chi connectivity index (χ2v) is 4.43. The van der Waals surface area contributed by atoms with Gasteiger partial charge in [-0.25, -0.2) is 9.97 Å². The predicted molar refractivity (Wildman–Crippen MR) is 78.3 cm³/mol. The molecule has 0 atom stereocenters. The Balaban J connectivity index is 1.98. The average Bonchev–Trinajstić information content (AvgIpc) is 2.52. The molecule has 0 bridgehead atoms. The molecule has 110 valence electrons. The minimum atomic E-state index is 0.205. The van der Waals surface area contributed by atoms with Crippen molar-refractivity contribution in [3.05, 3.63) is 30.6 Å². The van der Waals surface area contributed by atoms with Crippen molar-refractivity contribution in [3.63, 3.8) is 0 Å². The van der Waals surface area contributed by atoms with Crippen LogP contribution in [0.15, 0.2) is 30.6 Å². The van der Waals surface area contributed by atoms with E-state index in [0.717, 1.165) is 17.2 Å². The summed E-state index contributed by atoms with van der Waals surface area (Å²) in [4.78, 5) is 10.6. The Morgan fingerprint density at radius 1 is 1.14 bits per heavy atom. The Morgan fingerprint density at radius 3 is 2.81 bits per heavy atom. The second kappa shape index (κ2) is 5.94. The molecule has 0 fully saturated rings. The lowest BCUT2D eigenvalue weighted by Crippen LogP contribution is -2.26. The summed E-state index contributed by atoms with van der Waals surface area (Å²) in [5.74, 6) is 2.14. The van der Waals surface area contributed by atoms with E-state index in [4.69, 9.17) is 14.2 Å². The summed E-state index contributed by atoms with van der Waals surface area (Å²) >= 11 is 0. The van der Waals surface area contributed by atoms with Gasteiger partial charge >= 0.3 is 0 Å². The van der Waals surface area contributed by atoms with Crippen LogP contribution in [0.5, 0.6) is 5.75 Å². The maximum atomic E-state index is 5.46. The van der Waals surface area contributed by atoms with Crippen molar-refractivity contribution >= 4 is 23.0 Å². The van der Waals surface area contributed by atoms with Crippen LogP contribution < -0.4 is 15.0 Å². The molecule has 2 aromatic rings. The Hall–Kier alpha value is -2.38. The van der Waals surface area contributed by atoms with Crippen molar-refractivity contribution in [3.8, 4) is 5.75 Å². The van der Waals surface area contributed by atoms with Gasteiger partial charge in [-0.2, -0.15) is 0 Å². The number of hydrogen-bond donors (Lipinski definition) is 1. The molecule has 0 radical (unpaired) electrons. The largest absolute Gasteiger partial charge is 0.467 e. The molecular formula is C14H16N4O3. The quantitative estimate of drug-likeness (QED) is 0.846. The zero-order valence-electron chi connectivity index (χ0n) is 11.9. The van der Waals surface area contributed by atoms with Gasteiger partial charge in [0.25, 0.3) is 0 Å². The number of rotatable bonds is 5. The van der Waals surface area contributed by atoms with Crippen LogP contribution in [0.4, 0.5) is 23.0 Å². The van der Waals surface area contributed by atoms with Gasteiger partial charge in [0, 0.05) is 32.7 Å². The first-order valence-corrected chi connectivity index (χ1v) is 6.44. The van der Waals surface area contributed by atoms with Crippen molar-refractivity contribution in [2.24, 2.45) is 0 Å². The fourth-order valence-electron chi connectivity index (χ4n) is 2.19. The maximum Gasteiger partial charge on any atom is 0.188 e. The van der Waals surface area contributed by atoms with Gasteiger partial charge in [-0.1, -0.05) is 0 Å². The van der Waals surface area contributed by atoms with Crippen LogP contribution in [0.3, 0.4) is 0 Å². The van der Waals surface area contributed by atoms with Crippen molar-refractivity contribution in [2.45, 2.75) is 0 Å². The zero-order valence-corrected chi connectivity index (χ0v) is 11.9. The highest BCUT2D eigenvalue weighted by Gasteiger charge is 2.24. The molecule has 1 aliphatic heterocycles. The van der Waals surface area contributed by atoms with E-state index in [1.165, 1.54) is 0 Å². The molecule has 0 saturated carbocycles. The van der Waals surface area contributed by atoms with Gasteiger partial charge in [0.2, 0.25) is 0 Å². The zero-order chi connectivity index (χ0) is 14.7. The first-order valence-electron chi connectivity index (χ1n) is 6.44. The highest BCUT2D eigenvalue weighted by molar-refractivity contribution is 5.88. The highest BCUT2D eigenvalue weighted by atomic mass is 16.7. The van der Waals surface area contributed by atoms with E-state index >= 15 is 0 Å². The smallest absolute Gasteiger partial charge is 0.188 e. The van der Waals surface area contributed by atoms with E-state index in [0.29, 0.717) is 18.3 Å². The molecule has 1 aliphatic rings. The Bertz CT molecular complexity index is 635. The number of fused-ring (bicyclic) bond motifs is 2. The van der Waals surface area contributed by atoms with Crippen LogP contribution in [0, 0.1) is 0 Å². The number of ether oxygens (including phenoxy) is 3. The monoisotopic (exact) mass is 288 g/mol. The van der Waals surface area contributed by atoms with E-state index in [1.807, 2.05) is 23.1 Å². The topological polar surface area (TPSA) is 68.7 Å². The van der Waals surface area contributed by atoms with Gasteiger partial charge < -0.3 is 19.5 Å². The fraction of sp³-hybridized carbons (Fsp3) is 0.286. The van der Waals surface area contributed by atoms with Crippen LogP contribution in [0.2, 0.25) is 0 Å². The lowest BCUT2D eigenvalue weighted by Gasteiger charge is -2.31. The van der Waals surface area contributed by atoms with E-state index < -0.39 is 0 Å². The summed E-state index contributed by atoms with van der Waals surface area (Å²) < 4.78 is 15.6. The van der Waals surface area contributed by atoms with E-state index in [-0.39, 0.29) is 6.79 Å². The first kappa shape index (κ1) is 13.6. The second-order valence-electron chi connectivity index (χ2n) is 4.43. The van der Waals surface area contributed by atoms with Crippen molar-refractivity contribution in [1.29, 1.82) is 0 Å². The SMILES string of the molecule is COCOc1ccc2c(c1)Nc1nccnc1N2COC. The summed E-state index contributed by atoms with van der Waals surface area (Å²) in [5, 5.41) is 3.25. The third kappa shape index (κ3) is 2.61. The summed E-state index contributed by atoms with van der Waals surface area (Å²) in [6.45, 7) is 0.593. The lowest BCUT2D eigenvalue weighted by molar-refractivity contribution is 0.0512. The van der Waals surface area contributed by atoms with E-state index in [9.17, 15) is 0 Å². The Labute approximate surface area is 122 Å².